The van der Waals surface area contributed by atoms with Crippen LogP contribution in [-0.4, -0.2) is 24.9 Å². The molecule has 0 saturated heterocycles. The maximum Gasteiger partial charge on any atom is 0.311 e. The first-order chi connectivity index (χ1) is 9.17. The topological polar surface area (TPSA) is 52.6 Å². The average Bonchev–Trinajstić information content (AvgIpc) is 2.41. The van der Waals surface area contributed by atoms with Crippen LogP contribution >= 0.6 is 11.6 Å². The molecule has 0 aliphatic rings. The van der Waals surface area contributed by atoms with Gasteiger partial charge in [-0.25, -0.2) is 0 Å². The maximum absolute atomic E-state index is 11.6. The highest BCUT2D eigenvalue weighted by molar-refractivity contribution is 6.17. The number of hydrogen-bond donors (Lipinski definition) is 0. The third-order valence-electron chi connectivity index (χ3n) is 2.52. The SMILES string of the molecule is COC(=O)Cc1ccccc1OC(=O)CCCCCl. The number of esters is 2. The molecule has 0 amide bonds. The molecule has 0 radical (unpaired) electrons. The molecule has 0 spiro atoms. The summed E-state index contributed by atoms with van der Waals surface area (Å²) >= 11 is 5.54. The average molecular weight is 285 g/mol. The first-order valence-electron chi connectivity index (χ1n) is 6.08. The molecule has 1 aromatic carbocycles. The first-order valence-corrected chi connectivity index (χ1v) is 6.62. The summed E-state index contributed by atoms with van der Waals surface area (Å²) in [6, 6.07) is 6.93. The van der Waals surface area contributed by atoms with Gasteiger partial charge in [-0.2, -0.15) is 0 Å². The van der Waals surface area contributed by atoms with E-state index in [1.54, 1.807) is 24.3 Å². The van der Waals surface area contributed by atoms with E-state index in [1.165, 1.54) is 7.11 Å². The van der Waals surface area contributed by atoms with Crippen LogP contribution in [0, 0.1) is 0 Å². The summed E-state index contributed by atoms with van der Waals surface area (Å²) in [7, 11) is 1.32. The molecule has 0 heterocycles. The second kappa shape index (κ2) is 8.53. The molecule has 0 aliphatic heterocycles. The van der Waals surface area contributed by atoms with Crippen molar-refractivity contribution >= 4 is 23.5 Å². The zero-order chi connectivity index (χ0) is 14.1. The smallest absolute Gasteiger partial charge is 0.311 e. The molecule has 4 nitrogen and oxygen atoms in total. The summed E-state index contributed by atoms with van der Waals surface area (Å²) in [6.45, 7) is 0. The van der Waals surface area contributed by atoms with Gasteiger partial charge in [0, 0.05) is 17.9 Å². The lowest BCUT2D eigenvalue weighted by molar-refractivity contribution is -0.140. The van der Waals surface area contributed by atoms with Crippen molar-refractivity contribution in [3.63, 3.8) is 0 Å². The Morgan fingerprint density at radius 2 is 1.89 bits per heavy atom. The van der Waals surface area contributed by atoms with E-state index >= 15 is 0 Å². The molecule has 19 heavy (non-hydrogen) atoms. The summed E-state index contributed by atoms with van der Waals surface area (Å²) < 4.78 is 9.85. The zero-order valence-electron chi connectivity index (χ0n) is 10.9. The van der Waals surface area contributed by atoms with Crippen molar-refractivity contribution < 1.29 is 19.1 Å². The van der Waals surface area contributed by atoms with Crippen LogP contribution < -0.4 is 4.74 Å². The van der Waals surface area contributed by atoms with Gasteiger partial charge in [-0.1, -0.05) is 18.2 Å². The third kappa shape index (κ3) is 5.75. The summed E-state index contributed by atoms with van der Waals surface area (Å²) in [4.78, 5) is 22.9. The Morgan fingerprint density at radius 1 is 1.16 bits per heavy atom. The van der Waals surface area contributed by atoms with Crippen molar-refractivity contribution in [1.29, 1.82) is 0 Å². The van der Waals surface area contributed by atoms with Crippen LogP contribution in [0.3, 0.4) is 0 Å². The van der Waals surface area contributed by atoms with Crippen molar-refractivity contribution in [2.24, 2.45) is 0 Å². The van der Waals surface area contributed by atoms with Crippen LogP contribution in [-0.2, 0) is 20.7 Å². The molecule has 5 heteroatoms. The van der Waals surface area contributed by atoms with E-state index in [0.717, 1.165) is 6.42 Å². The highest BCUT2D eigenvalue weighted by Gasteiger charge is 2.11. The van der Waals surface area contributed by atoms with Gasteiger partial charge < -0.3 is 9.47 Å². The van der Waals surface area contributed by atoms with Crippen LogP contribution in [0.5, 0.6) is 5.75 Å². The Labute approximate surface area is 117 Å². The minimum absolute atomic E-state index is 0.0850. The number of methoxy groups -OCH3 is 1. The number of hydrogen-bond acceptors (Lipinski definition) is 4. The van der Waals surface area contributed by atoms with E-state index in [2.05, 4.69) is 4.74 Å². The van der Waals surface area contributed by atoms with Crippen LogP contribution in [0.2, 0.25) is 0 Å². The van der Waals surface area contributed by atoms with Crippen molar-refractivity contribution in [3.05, 3.63) is 29.8 Å². The molecule has 104 valence electrons. The highest BCUT2D eigenvalue weighted by atomic mass is 35.5. The van der Waals surface area contributed by atoms with E-state index in [4.69, 9.17) is 16.3 Å². The number of halogens is 1. The molecule has 0 N–H and O–H groups in total. The monoisotopic (exact) mass is 284 g/mol. The van der Waals surface area contributed by atoms with E-state index in [-0.39, 0.29) is 18.4 Å². The number of carbonyl (C=O) groups excluding carboxylic acids is 2. The standard InChI is InChI=1S/C14H17ClO4/c1-18-14(17)10-11-6-2-3-7-12(11)19-13(16)8-4-5-9-15/h2-3,6-7H,4-5,8-10H2,1H3. The van der Waals surface area contributed by atoms with Crippen molar-refractivity contribution in [2.45, 2.75) is 25.7 Å². The van der Waals surface area contributed by atoms with Gasteiger partial charge in [0.2, 0.25) is 0 Å². The normalized spacial score (nSPS) is 10.0. The van der Waals surface area contributed by atoms with E-state index in [9.17, 15) is 9.59 Å². The predicted molar refractivity (Wildman–Crippen MR) is 72.4 cm³/mol. The summed E-state index contributed by atoms with van der Waals surface area (Å²) in [6.07, 6.45) is 1.88. The lowest BCUT2D eigenvalue weighted by Crippen LogP contribution is -2.11. The lowest BCUT2D eigenvalue weighted by atomic mass is 10.1. The molecule has 1 aromatic rings. The molecule has 0 aromatic heterocycles. The fourth-order valence-corrected chi connectivity index (χ4v) is 1.70. The molecular weight excluding hydrogens is 268 g/mol. The van der Waals surface area contributed by atoms with Crippen LogP contribution in [0.4, 0.5) is 0 Å². The van der Waals surface area contributed by atoms with Crippen LogP contribution in [0.25, 0.3) is 0 Å². The van der Waals surface area contributed by atoms with Crippen molar-refractivity contribution in [1.82, 2.24) is 0 Å². The molecule has 0 atom stereocenters. The van der Waals surface area contributed by atoms with Gasteiger partial charge in [0.1, 0.15) is 5.75 Å². The largest absolute Gasteiger partial charge is 0.469 e. The van der Waals surface area contributed by atoms with Gasteiger partial charge >= 0.3 is 11.9 Å². The second-order valence-corrected chi connectivity index (χ2v) is 4.36. The van der Waals surface area contributed by atoms with Crippen LogP contribution in [0.1, 0.15) is 24.8 Å². The number of para-hydroxylation sites is 1. The van der Waals surface area contributed by atoms with Gasteiger partial charge in [-0.3, -0.25) is 9.59 Å². The third-order valence-corrected chi connectivity index (χ3v) is 2.79. The van der Waals surface area contributed by atoms with Gasteiger partial charge in [-0.15, -0.1) is 11.6 Å². The molecule has 0 saturated carbocycles. The predicted octanol–water partition coefficient (Wildman–Crippen LogP) is 2.72. The molecule has 1 rings (SSSR count). The number of unbranched alkanes of at least 4 members (excludes halogenated alkanes) is 1. The minimum Gasteiger partial charge on any atom is -0.469 e. The molecular formula is C14H17ClO4. The summed E-state index contributed by atoms with van der Waals surface area (Å²) in [5, 5.41) is 0. The van der Waals surface area contributed by atoms with Gasteiger partial charge in [0.15, 0.2) is 0 Å². The second-order valence-electron chi connectivity index (χ2n) is 3.98. The highest BCUT2D eigenvalue weighted by Crippen LogP contribution is 2.19. The number of ether oxygens (including phenoxy) is 2. The fourth-order valence-electron chi connectivity index (χ4n) is 1.51. The Hall–Kier alpha value is -1.55. The fraction of sp³-hybridized carbons (Fsp3) is 0.429. The van der Waals surface area contributed by atoms with Crippen LogP contribution in [0.15, 0.2) is 24.3 Å². The Bertz CT molecular complexity index is 431. The Kier molecular flexibility index (Phi) is 6.97. The van der Waals surface area contributed by atoms with E-state index in [0.29, 0.717) is 30.0 Å². The first kappa shape index (κ1) is 15.5. The zero-order valence-corrected chi connectivity index (χ0v) is 11.6. The molecule has 0 unspecified atom stereocenters. The van der Waals surface area contributed by atoms with Gasteiger partial charge in [0.25, 0.3) is 0 Å². The summed E-state index contributed by atoms with van der Waals surface area (Å²) in [5.41, 5.74) is 0.639. The number of benzene rings is 1. The number of carbonyl (C=O) groups is 2. The number of rotatable bonds is 7. The van der Waals surface area contributed by atoms with Crippen molar-refractivity contribution in [3.8, 4) is 5.75 Å². The maximum atomic E-state index is 11.6. The minimum atomic E-state index is -0.370. The van der Waals surface area contributed by atoms with Gasteiger partial charge in [0.05, 0.1) is 13.5 Å². The Morgan fingerprint density at radius 3 is 2.58 bits per heavy atom. The Balaban J connectivity index is 2.61. The molecule has 0 fully saturated rings. The molecule has 0 bridgehead atoms. The van der Waals surface area contributed by atoms with E-state index in [1.807, 2.05) is 0 Å². The van der Waals surface area contributed by atoms with E-state index < -0.39 is 0 Å². The summed E-state index contributed by atoms with van der Waals surface area (Å²) in [5.74, 6) is 0.253. The van der Waals surface area contributed by atoms with Crippen molar-refractivity contribution in [2.75, 3.05) is 13.0 Å². The number of alkyl halides is 1. The quantitative estimate of drug-likeness (QED) is 0.334. The molecule has 0 aliphatic carbocycles. The van der Waals surface area contributed by atoms with Gasteiger partial charge in [-0.05, 0) is 18.9 Å². The lowest BCUT2D eigenvalue weighted by Gasteiger charge is -2.09.